The van der Waals surface area contributed by atoms with Gasteiger partial charge in [0.05, 0.1) is 12.8 Å². The second kappa shape index (κ2) is 7.57. The van der Waals surface area contributed by atoms with Crippen LogP contribution in [0.4, 0.5) is 4.79 Å². The summed E-state index contributed by atoms with van der Waals surface area (Å²) in [5, 5.41) is 12.2. The van der Waals surface area contributed by atoms with Crippen LogP contribution in [0, 0.1) is 0 Å². The van der Waals surface area contributed by atoms with E-state index < -0.39 is 5.60 Å². The Morgan fingerprint density at radius 2 is 1.82 bits per heavy atom. The normalized spacial score (nSPS) is 23.3. The molecule has 0 atom stereocenters. The predicted molar refractivity (Wildman–Crippen MR) is 123 cm³/mol. The molecule has 172 valence electrons. The monoisotopic (exact) mass is 447 g/mol. The number of carbonyl (C=O) groups excluding carboxylic acids is 1. The molecule has 1 amide bonds. The summed E-state index contributed by atoms with van der Waals surface area (Å²) in [7, 11) is 0. The molecular weight excluding hydrogens is 418 g/mol. The van der Waals surface area contributed by atoms with Crippen molar-refractivity contribution in [1.29, 1.82) is 0 Å². The number of carbonyl (C=O) groups is 1. The van der Waals surface area contributed by atoms with Gasteiger partial charge in [0.25, 0.3) is 0 Å². The number of amides is 1. The molecule has 1 aromatic carbocycles. The molecule has 0 unspecified atom stereocenters. The van der Waals surface area contributed by atoms with E-state index in [0.717, 1.165) is 42.2 Å². The van der Waals surface area contributed by atoms with E-state index in [0.29, 0.717) is 12.4 Å². The van der Waals surface area contributed by atoms with Gasteiger partial charge in [-0.3, -0.25) is 4.57 Å². The van der Waals surface area contributed by atoms with Crippen molar-refractivity contribution in [3.05, 3.63) is 54.5 Å². The quantitative estimate of drug-likeness (QED) is 0.601. The Hall–Kier alpha value is -3.42. The zero-order valence-electron chi connectivity index (χ0n) is 19.5. The number of nitrogens with one attached hydrogen (secondary N) is 1. The average Bonchev–Trinajstić information content (AvgIpc) is 3.14. The molecular formula is C25H29N5O3. The highest BCUT2D eigenvalue weighted by molar-refractivity contribution is 5.70. The number of aromatic nitrogens is 4. The maximum Gasteiger partial charge on any atom is 0.408 e. The van der Waals surface area contributed by atoms with E-state index in [2.05, 4.69) is 25.1 Å². The minimum absolute atomic E-state index is 0.110. The number of alkyl carbamates (subject to hydrolysis) is 1. The highest BCUT2D eigenvalue weighted by atomic mass is 16.6. The first kappa shape index (κ1) is 21.4. The van der Waals surface area contributed by atoms with Gasteiger partial charge in [-0.2, -0.15) is 0 Å². The van der Waals surface area contributed by atoms with E-state index in [1.807, 2.05) is 70.2 Å². The smallest absolute Gasteiger partial charge is 0.408 e. The molecule has 8 heteroatoms. The molecule has 33 heavy (non-hydrogen) atoms. The summed E-state index contributed by atoms with van der Waals surface area (Å²) in [5.74, 6) is 2.33. The molecule has 0 saturated heterocycles. The Morgan fingerprint density at radius 3 is 2.42 bits per heavy atom. The van der Waals surface area contributed by atoms with Crippen molar-refractivity contribution >= 4 is 6.09 Å². The molecule has 0 aliphatic heterocycles. The first-order valence-corrected chi connectivity index (χ1v) is 11.3. The van der Waals surface area contributed by atoms with Gasteiger partial charge in [0.15, 0.2) is 5.82 Å². The van der Waals surface area contributed by atoms with Crippen molar-refractivity contribution in [1.82, 2.24) is 25.1 Å². The fourth-order valence-electron chi connectivity index (χ4n) is 5.06. The molecule has 6 rings (SSSR count). The SMILES string of the molecule is CCOc1ccc(-c2nnc(C34CC(NC(=O)OC(C)(C)C)(C3)C4)n2-c2ccccc2)nc1. The summed E-state index contributed by atoms with van der Waals surface area (Å²) < 4.78 is 13.1. The van der Waals surface area contributed by atoms with Crippen LogP contribution in [0.25, 0.3) is 17.2 Å². The van der Waals surface area contributed by atoms with Gasteiger partial charge in [0, 0.05) is 16.6 Å². The minimum Gasteiger partial charge on any atom is -0.492 e. The second-order valence-electron chi connectivity index (χ2n) is 10.0. The van der Waals surface area contributed by atoms with E-state index in [9.17, 15) is 4.79 Å². The lowest BCUT2D eigenvalue weighted by Crippen LogP contribution is -2.77. The molecule has 2 heterocycles. The third kappa shape index (κ3) is 3.83. The lowest BCUT2D eigenvalue weighted by Gasteiger charge is -2.69. The third-order valence-corrected chi connectivity index (χ3v) is 6.22. The second-order valence-corrected chi connectivity index (χ2v) is 10.0. The predicted octanol–water partition coefficient (Wildman–Crippen LogP) is 4.43. The van der Waals surface area contributed by atoms with Crippen LogP contribution in [0.1, 0.15) is 52.8 Å². The van der Waals surface area contributed by atoms with Crippen LogP contribution in [0.15, 0.2) is 48.7 Å². The van der Waals surface area contributed by atoms with Gasteiger partial charge in [-0.1, -0.05) is 18.2 Å². The van der Waals surface area contributed by atoms with Gasteiger partial charge in [-0.15, -0.1) is 10.2 Å². The van der Waals surface area contributed by atoms with Gasteiger partial charge < -0.3 is 14.8 Å². The zero-order chi connectivity index (χ0) is 23.3. The molecule has 1 N–H and O–H groups in total. The standard InChI is InChI=1S/C25H29N5O3/c1-5-32-18-11-12-19(26-13-18)20-28-29-21(30(20)17-9-7-6-8-10-17)24-14-25(15-24,16-24)27-22(31)33-23(2,3)4/h6-13H,5,14-16H2,1-4H3,(H,27,31). The van der Waals surface area contributed by atoms with Gasteiger partial charge in [-0.25, -0.2) is 9.78 Å². The molecule has 8 nitrogen and oxygen atoms in total. The molecule has 3 fully saturated rings. The first-order valence-electron chi connectivity index (χ1n) is 11.3. The molecule has 3 aliphatic carbocycles. The molecule has 0 radical (unpaired) electrons. The van der Waals surface area contributed by atoms with Crippen LogP contribution in [-0.4, -0.2) is 43.6 Å². The number of hydrogen-bond acceptors (Lipinski definition) is 6. The summed E-state index contributed by atoms with van der Waals surface area (Å²) in [6.07, 6.45) is 3.81. The third-order valence-electron chi connectivity index (χ3n) is 6.22. The van der Waals surface area contributed by atoms with E-state index in [-0.39, 0.29) is 17.0 Å². The van der Waals surface area contributed by atoms with Crippen LogP contribution in [0.2, 0.25) is 0 Å². The van der Waals surface area contributed by atoms with Crippen LogP contribution < -0.4 is 10.1 Å². The van der Waals surface area contributed by atoms with E-state index in [1.54, 1.807) is 6.20 Å². The van der Waals surface area contributed by atoms with Crippen molar-refractivity contribution in [3.8, 4) is 23.0 Å². The number of pyridine rings is 1. The summed E-state index contributed by atoms with van der Waals surface area (Å²) in [5.41, 5.74) is 0.879. The van der Waals surface area contributed by atoms with Crippen LogP contribution in [-0.2, 0) is 10.2 Å². The molecule has 3 saturated carbocycles. The highest BCUT2D eigenvalue weighted by Gasteiger charge is 2.71. The number of hydrogen-bond donors (Lipinski definition) is 1. The summed E-state index contributed by atoms with van der Waals surface area (Å²) in [4.78, 5) is 16.9. The Labute approximate surface area is 193 Å². The minimum atomic E-state index is -0.515. The van der Waals surface area contributed by atoms with Gasteiger partial charge in [0.1, 0.15) is 22.9 Å². The number of ether oxygens (including phenoxy) is 2. The Kier molecular flexibility index (Phi) is 4.92. The van der Waals surface area contributed by atoms with Crippen molar-refractivity contribution in [2.45, 2.75) is 63.5 Å². The van der Waals surface area contributed by atoms with E-state index >= 15 is 0 Å². The van der Waals surface area contributed by atoms with Crippen LogP contribution in [0.5, 0.6) is 5.75 Å². The fourth-order valence-corrected chi connectivity index (χ4v) is 5.06. The van der Waals surface area contributed by atoms with Gasteiger partial charge >= 0.3 is 6.09 Å². The van der Waals surface area contributed by atoms with E-state index in [4.69, 9.17) is 9.47 Å². The molecule has 0 spiro atoms. The molecule has 2 aromatic heterocycles. The average molecular weight is 448 g/mol. The maximum absolute atomic E-state index is 12.3. The number of nitrogens with zero attached hydrogens (tertiary/aromatic N) is 4. The zero-order valence-corrected chi connectivity index (χ0v) is 19.5. The Balaban J connectivity index is 1.43. The lowest BCUT2D eigenvalue weighted by molar-refractivity contribution is -0.0944. The first-order chi connectivity index (χ1) is 15.7. The largest absolute Gasteiger partial charge is 0.492 e. The summed E-state index contributed by atoms with van der Waals surface area (Å²) in [6.45, 7) is 8.14. The maximum atomic E-state index is 12.3. The number of benzene rings is 1. The summed E-state index contributed by atoms with van der Waals surface area (Å²) in [6, 6.07) is 13.9. The van der Waals surface area contributed by atoms with Crippen molar-refractivity contribution < 1.29 is 14.3 Å². The Bertz CT molecular complexity index is 1150. The van der Waals surface area contributed by atoms with Crippen molar-refractivity contribution in [2.75, 3.05) is 6.61 Å². The number of rotatable bonds is 6. The topological polar surface area (TPSA) is 91.2 Å². The highest BCUT2D eigenvalue weighted by Crippen LogP contribution is 2.67. The number of para-hydroxylation sites is 1. The van der Waals surface area contributed by atoms with Crippen molar-refractivity contribution in [2.24, 2.45) is 0 Å². The Morgan fingerprint density at radius 1 is 1.09 bits per heavy atom. The lowest BCUT2D eigenvalue weighted by atomic mass is 9.39. The summed E-state index contributed by atoms with van der Waals surface area (Å²) >= 11 is 0. The fraction of sp³-hybridized carbons (Fsp3) is 0.440. The molecule has 3 aromatic rings. The van der Waals surface area contributed by atoms with Crippen LogP contribution >= 0.6 is 0 Å². The van der Waals surface area contributed by atoms with E-state index in [1.165, 1.54) is 0 Å². The molecule has 3 aliphatic rings. The van der Waals surface area contributed by atoms with Crippen molar-refractivity contribution in [3.63, 3.8) is 0 Å². The van der Waals surface area contributed by atoms with Gasteiger partial charge in [0.2, 0.25) is 0 Å². The van der Waals surface area contributed by atoms with Gasteiger partial charge in [-0.05, 0) is 71.2 Å². The molecule has 2 bridgehead atoms. The van der Waals surface area contributed by atoms with Crippen LogP contribution in [0.3, 0.4) is 0 Å².